The van der Waals surface area contributed by atoms with E-state index < -0.39 is 14.9 Å². The molecule has 1 aromatic carbocycles. The molecular formula is C12H14N4O4S. The topological polar surface area (TPSA) is 118 Å². The Balaban J connectivity index is 2.24. The van der Waals surface area contributed by atoms with E-state index in [9.17, 15) is 18.5 Å². The van der Waals surface area contributed by atoms with E-state index in [0.717, 1.165) is 0 Å². The van der Waals surface area contributed by atoms with Crippen LogP contribution in [0.15, 0.2) is 30.3 Å². The summed E-state index contributed by atoms with van der Waals surface area (Å²) >= 11 is 0. The standard InChI is InChI=1S/C12H14N4O4S/c1-2-6-21(19,20)15-12-8-11(13-14-12)9-4-3-5-10(7-9)16(17)18/h3-5,7-8H,2,6H2,1H3,(H2,13,14,15). The lowest BCUT2D eigenvalue weighted by Crippen LogP contribution is -2.16. The number of aromatic nitrogens is 2. The van der Waals surface area contributed by atoms with Crippen molar-refractivity contribution in [2.75, 3.05) is 10.5 Å². The average molecular weight is 310 g/mol. The molecule has 0 bridgehead atoms. The normalized spacial score (nSPS) is 11.3. The zero-order chi connectivity index (χ0) is 15.5. The second kappa shape index (κ2) is 5.92. The first-order chi connectivity index (χ1) is 9.91. The Bertz CT molecular complexity index is 754. The summed E-state index contributed by atoms with van der Waals surface area (Å²) in [5, 5.41) is 17.2. The van der Waals surface area contributed by atoms with Gasteiger partial charge in [-0.05, 0) is 6.42 Å². The fourth-order valence-corrected chi connectivity index (χ4v) is 2.85. The van der Waals surface area contributed by atoms with Crippen LogP contribution in [-0.4, -0.2) is 29.3 Å². The van der Waals surface area contributed by atoms with Crippen molar-refractivity contribution in [3.8, 4) is 11.3 Å². The SMILES string of the molecule is CCCS(=O)(=O)Nc1cc(-c2cccc([N+](=O)[O-])c2)[nH]n1. The highest BCUT2D eigenvalue weighted by Crippen LogP contribution is 2.24. The van der Waals surface area contributed by atoms with E-state index in [4.69, 9.17) is 0 Å². The van der Waals surface area contributed by atoms with Gasteiger partial charge in [0, 0.05) is 23.8 Å². The molecule has 0 saturated heterocycles. The predicted molar refractivity (Wildman–Crippen MR) is 78.4 cm³/mol. The Hall–Kier alpha value is -2.42. The van der Waals surface area contributed by atoms with Crippen LogP contribution >= 0.6 is 0 Å². The Morgan fingerprint density at radius 3 is 2.81 bits per heavy atom. The number of rotatable bonds is 6. The third-order valence-electron chi connectivity index (χ3n) is 2.68. The van der Waals surface area contributed by atoms with Gasteiger partial charge in [-0.3, -0.25) is 19.9 Å². The summed E-state index contributed by atoms with van der Waals surface area (Å²) in [6, 6.07) is 7.48. The van der Waals surface area contributed by atoms with Gasteiger partial charge in [-0.1, -0.05) is 19.1 Å². The maximum atomic E-state index is 11.6. The first kappa shape index (κ1) is 15.0. The highest BCUT2D eigenvalue weighted by atomic mass is 32.2. The maximum absolute atomic E-state index is 11.6. The molecule has 0 amide bonds. The van der Waals surface area contributed by atoms with Gasteiger partial charge in [-0.2, -0.15) is 5.10 Å². The van der Waals surface area contributed by atoms with Gasteiger partial charge in [0.05, 0.1) is 16.4 Å². The van der Waals surface area contributed by atoms with Gasteiger partial charge in [-0.25, -0.2) is 8.42 Å². The third kappa shape index (κ3) is 3.78. The summed E-state index contributed by atoms with van der Waals surface area (Å²) in [5.74, 6) is 0.163. The lowest BCUT2D eigenvalue weighted by Gasteiger charge is -2.02. The zero-order valence-corrected chi connectivity index (χ0v) is 12.1. The van der Waals surface area contributed by atoms with Crippen LogP contribution in [0.2, 0.25) is 0 Å². The van der Waals surface area contributed by atoms with Crippen molar-refractivity contribution >= 4 is 21.5 Å². The molecule has 0 aliphatic rings. The molecule has 2 aromatic rings. The fraction of sp³-hybridized carbons (Fsp3) is 0.250. The van der Waals surface area contributed by atoms with Crippen molar-refractivity contribution in [3.05, 3.63) is 40.4 Å². The van der Waals surface area contributed by atoms with Crippen LogP contribution < -0.4 is 4.72 Å². The van der Waals surface area contributed by atoms with E-state index in [1.807, 2.05) is 0 Å². The van der Waals surface area contributed by atoms with Crippen molar-refractivity contribution in [3.63, 3.8) is 0 Å². The van der Waals surface area contributed by atoms with Crippen LogP contribution in [0.5, 0.6) is 0 Å². The summed E-state index contributed by atoms with van der Waals surface area (Å²) in [4.78, 5) is 10.2. The molecule has 0 aliphatic heterocycles. The number of non-ortho nitro benzene ring substituents is 1. The van der Waals surface area contributed by atoms with Crippen LogP contribution in [0.4, 0.5) is 11.5 Å². The quantitative estimate of drug-likeness (QED) is 0.626. The average Bonchev–Trinajstić information content (AvgIpc) is 2.86. The maximum Gasteiger partial charge on any atom is 0.270 e. The number of aromatic amines is 1. The number of anilines is 1. The largest absolute Gasteiger partial charge is 0.276 e. The number of nitro benzene ring substituents is 1. The number of hydrogen-bond donors (Lipinski definition) is 2. The molecule has 1 heterocycles. The highest BCUT2D eigenvalue weighted by Gasteiger charge is 2.13. The number of sulfonamides is 1. The molecule has 0 fully saturated rings. The summed E-state index contributed by atoms with van der Waals surface area (Å²) in [7, 11) is -3.42. The number of nitrogens with zero attached hydrogens (tertiary/aromatic N) is 2. The van der Waals surface area contributed by atoms with Crippen molar-refractivity contribution in [1.82, 2.24) is 10.2 Å². The molecule has 21 heavy (non-hydrogen) atoms. The molecule has 9 heteroatoms. The smallest absolute Gasteiger partial charge is 0.270 e. The fourth-order valence-electron chi connectivity index (χ4n) is 1.79. The van der Waals surface area contributed by atoms with Crippen molar-refractivity contribution in [1.29, 1.82) is 0 Å². The van der Waals surface area contributed by atoms with E-state index in [2.05, 4.69) is 14.9 Å². The monoisotopic (exact) mass is 310 g/mol. The Morgan fingerprint density at radius 2 is 2.14 bits per heavy atom. The molecule has 8 nitrogen and oxygen atoms in total. The molecule has 0 unspecified atom stereocenters. The lowest BCUT2D eigenvalue weighted by atomic mass is 10.1. The van der Waals surface area contributed by atoms with Crippen LogP contribution in [-0.2, 0) is 10.0 Å². The third-order valence-corrected chi connectivity index (χ3v) is 4.14. The number of hydrogen-bond acceptors (Lipinski definition) is 5. The first-order valence-electron chi connectivity index (χ1n) is 6.22. The minimum absolute atomic E-state index is 0.00595. The predicted octanol–water partition coefficient (Wildman–Crippen LogP) is 2.14. The summed E-state index contributed by atoms with van der Waals surface area (Å²) in [5.41, 5.74) is 1.00. The van der Waals surface area contributed by atoms with E-state index in [0.29, 0.717) is 17.7 Å². The second-order valence-corrected chi connectivity index (χ2v) is 6.24. The number of H-pyrrole nitrogens is 1. The molecule has 0 spiro atoms. The van der Waals surface area contributed by atoms with Gasteiger partial charge in [0.1, 0.15) is 0 Å². The minimum atomic E-state index is -3.42. The molecule has 1 aromatic heterocycles. The first-order valence-corrected chi connectivity index (χ1v) is 7.87. The molecule has 0 aliphatic carbocycles. The van der Waals surface area contributed by atoms with E-state index in [1.165, 1.54) is 18.2 Å². The molecule has 2 rings (SSSR count). The molecule has 0 saturated carbocycles. The summed E-state index contributed by atoms with van der Waals surface area (Å²) in [6.07, 6.45) is 0.498. The van der Waals surface area contributed by atoms with E-state index in [1.54, 1.807) is 19.1 Å². The second-order valence-electron chi connectivity index (χ2n) is 4.40. The van der Waals surface area contributed by atoms with Crippen LogP contribution in [0.1, 0.15) is 13.3 Å². The van der Waals surface area contributed by atoms with Gasteiger partial charge in [0.2, 0.25) is 10.0 Å². The van der Waals surface area contributed by atoms with Crippen molar-refractivity contribution in [2.45, 2.75) is 13.3 Å². The van der Waals surface area contributed by atoms with E-state index in [-0.39, 0.29) is 17.3 Å². The number of benzene rings is 1. The van der Waals surface area contributed by atoms with Gasteiger partial charge < -0.3 is 0 Å². The Kier molecular flexibility index (Phi) is 4.22. The highest BCUT2D eigenvalue weighted by molar-refractivity contribution is 7.92. The van der Waals surface area contributed by atoms with Crippen LogP contribution in [0, 0.1) is 10.1 Å². The summed E-state index contributed by atoms with van der Waals surface area (Å²) < 4.78 is 25.6. The summed E-state index contributed by atoms with van der Waals surface area (Å²) in [6.45, 7) is 1.76. The minimum Gasteiger partial charge on any atom is -0.276 e. The number of nitrogens with one attached hydrogen (secondary N) is 2. The molecule has 112 valence electrons. The van der Waals surface area contributed by atoms with Gasteiger partial charge in [0.15, 0.2) is 5.82 Å². The van der Waals surface area contributed by atoms with E-state index >= 15 is 0 Å². The van der Waals surface area contributed by atoms with Crippen molar-refractivity contribution in [2.24, 2.45) is 0 Å². The molecule has 2 N–H and O–H groups in total. The zero-order valence-electron chi connectivity index (χ0n) is 11.2. The van der Waals surface area contributed by atoms with Crippen LogP contribution in [0.3, 0.4) is 0 Å². The number of nitro groups is 1. The van der Waals surface area contributed by atoms with Gasteiger partial charge in [0.25, 0.3) is 5.69 Å². The van der Waals surface area contributed by atoms with Gasteiger partial charge >= 0.3 is 0 Å². The lowest BCUT2D eigenvalue weighted by molar-refractivity contribution is -0.384. The van der Waals surface area contributed by atoms with Crippen molar-refractivity contribution < 1.29 is 13.3 Å². The van der Waals surface area contributed by atoms with Gasteiger partial charge in [-0.15, -0.1) is 0 Å². The molecular weight excluding hydrogens is 296 g/mol. The van der Waals surface area contributed by atoms with Crippen LogP contribution in [0.25, 0.3) is 11.3 Å². The Labute approximate surface area is 121 Å². The molecule has 0 radical (unpaired) electrons. The Morgan fingerprint density at radius 1 is 1.38 bits per heavy atom. The molecule has 0 atom stereocenters.